The molecule has 0 aromatic rings. The fourth-order valence-electron chi connectivity index (χ4n) is 3.34. The van der Waals surface area contributed by atoms with E-state index >= 15 is 0 Å². The Morgan fingerprint density at radius 3 is 2.18 bits per heavy atom. The Kier molecular flexibility index (Phi) is 5.79. The van der Waals surface area contributed by atoms with Gasteiger partial charge in [-0.25, -0.2) is 0 Å². The number of rotatable bonds is 6. The molecule has 2 heteroatoms. The second kappa shape index (κ2) is 7.38. The van der Waals surface area contributed by atoms with Crippen LogP contribution in [0.3, 0.4) is 0 Å². The van der Waals surface area contributed by atoms with Crippen LogP contribution in [0.4, 0.5) is 0 Å². The van der Waals surface area contributed by atoms with Crippen molar-refractivity contribution in [2.24, 2.45) is 11.8 Å². The van der Waals surface area contributed by atoms with Crippen molar-refractivity contribution in [3.63, 3.8) is 0 Å². The molecule has 2 aliphatic carbocycles. The molecule has 2 aliphatic rings. The lowest BCUT2D eigenvalue weighted by molar-refractivity contribution is 0.152. The molecule has 17 heavy (non-hydrogen) atoms. The van der Waals surface area contributed by atoms with Crippen molar-refractivity contribution in [2.45, 2.75) is 70.3 Å². The van der Waals surface area contributed by atoms with Crippen molar-refractivity contribution in [1.82, 2.24) is 5.32 Å². The second-order valence-electron chi connectivity index (χ2n) is 6.06. The number of hydrogen-bond acceptors (Lipinski definition) is 2. The summed E-state index contributed by atoms with van der Waals surface area (Å²) in [4.78, 5) is 0. The maximum Gasteiger partial charge on any atom is 0.0462 e. The number of aliphatic hydroxyl groups excluding tert-OH is 1. The van der Waals surface area contributed by atoms with Gasteiger partial charge in [0.05, 0.1) is 0 Å². The van der Waals surface area contributed by atoms with Gasteiger partial charge in [-0.3, -0.25) is 0 Å². The number of nitrogens with one attached hydrogen (secondary N) is 1. The van der Waals surface area contributed by atoms with Crippen LogP contribution in [0.2, 0.25) is 0 Å². The smallest absolute Gasteiger partial charge is 0.0462 e. The minimum atomic E-state index is 0.400. The second-order valence-corrected chi connectivity index (χ2v) is 6.06. The summed E-state index contributed by atoms with van der Waals surface area (Å²) in [5.41, 5.74) is 0. The van der Waals surface area contributed by atoms with Crippen LogP contribution in [0, 0.1) is 11.8 Å². The average molecular weight is 239 g/mol. The molecule has 0 aromatic carbocycles. The van der Waals surface area contributed by atoms with Crippen molar-refractivity contribution < 1.29 is 5.11 Å². The molecule has 1 atom stereocenters. The molecule has 0 amide bonds. The van der Waals surface area contributed by atoms with Gasteiger partial charge in [0.2, 0.25) is 0 Å². The first-order chi connectivity index (χ1) is 8.40. The molecule has 0 bridgehead atoms. The van der Waals surface area contributed by atoms with Gasteiger partial charge in [-0.05, 0) is 37.6 Å². The van der Waals surface area contributed by atoms with Gasteiger partial charge in [0.15, 0.2) is 0 Å². The van der Waals surface area contributed by atoms with Crippen molar-refractivity contribution in [3.05, 3.63) is 0 Å². The molecule has 100 valence electrons. The van der Waals surface area contributed by atoms with E-state index in [1.807, 2.05) is 0 Å². The number of aliphatic hydroxyl groups is 1. The van der Waals surface area contributed by atoms with E-state index in [2.05, 4.69) is 5.32 Å². The first kappa shape index (κ1) is 13.4. The molecule has 0 aliphatic heterocycles. The largest absolute Gasteiger partial charge is 0.396 e. The van der Waals surface area contributed by atoms with Crippen LogP contribution < -0.4 is 5.32 Å². The Morgan fingerprint density at radius 2 is 1.65 bits per heavy atom. The van der Waals surface area contributed by atoms with Gasteiger partial charge in [-0.1, -0.05) is 44.9 Å². The van der Waals surface area contributed by atoms with Crippen molar-refractivity contribution in [2.75, 3.05) is 13.2 Å². The van der Waals surface area contributed by atoms with Gasteiger partial charge >= 0.3 is 0 Å². The van der Waals surface area contributed by atoms with Crippen molar-refractivity contribution in [3.8, 4) is 0 Å². The van der Waals surface area contributed by atoms with Gasteiger partial charge < -0.3 is 10.4 Å². The molecule has 0 saturated heterocycles. The third kappa shape index (κ3) is 4.26. The minimum Gasteiger partial charge on any atom is -0.396 e. The SMILES string of the molecule is OCC(CCNC1CCC1)C1CCCCCC1. The number of hydrogen-bond donors (Lipinski definition) is 2. The van der Waals surface area contributed by atoms with Crippen LogP contribution >= 0.6 is 0 Å². The Balaban J connectivity index is 1.66. The van der Waals surface area contributed by atoms with E-state index in [0.717, 1.165) is 18.5 Å². The lowest BCUT2D eigenvalue weighted by Crippen LogP contribution is -2.37. The maximum absolute atomic E-state index is 9.58. The monoisotopic (exact) mass is 239 g/mol. The summed E-state index contributed by atoms with van der Waals surface area (Å²) in [5, 5.41) is 13.2. The third-order valence-electron chi connectivity index (χ3n) is 4.85. The molecule has 1 unspecified atom stereocenters. The molecule has 2 saturated carbocycles. The minimum absolute atomic E-state index is 0.400. The molecule has 2 rings (SSSR count). The topological polar surface area (TPSA) is 32.3 Å². The van der Waals surface area contributed by atoms with E-state index in [1.54, 1.807) is 0 Å². The zero-order valence-corrected chi connectivity index (χ0v) is 11.2. The lowest BCUT2D eigenvalue weighted by Gasteiger charge is -2.29. The van der Waals surface area contributed by atoms with Crippen LogP contribution in [0.1, 0.15) is 64.2 Å². The molecule has 0 radical (unpaired) electrons. The summed E-state index contributed by atoms with van der Waals surface area (Å²) in [5.74, 6) is 1.35. The highest BCUT2D eigenvalue weighted by molar-refractivity contribution is 4.78. The molecule has 0 spiro atoms. The predicted molar refractivity (Wildman–Crippen MR) is 72.0 cm³/mol. The normalized spacial score (nSPS) is 25.2. The standard InChI is InChI=1S/C15H29NO/c17-12-14(10-11-16-15-8-5-9-15)13-6-3-1-2-4-7-13/h13-17H,1-12H2. The zero-order valence-electron chi connectivity index (χ0n) is 11.2. The molecular weight excluding hydrogens is 210 g/mol. The van der Waals surface area contributed by atoms with Crippen molar-refractivity contribution >= 4 is 0 Å². The van der Waals surface area contributed by atoms with E-state index < -0.39 is 0 Å². The van der Waals surface area contributed by atoms with Crippen LogP contribution in [-0.2, 0) is 0 Å². The molecule has 2 N–H and O–H groups in total. The maximum atomic E-state index is 9.58. The molecular formula is C15H29NO. The van der Waals surface area contributed by atoms with Gasteiger partial charge in [-0.15, -0.1) is 0 Å². The van der Waals surface area contributed by atoms with Crippen molar-refractivity contribution in [1.29, 1.82) is 0 Å². The quantitative estimate of drug-likeness (QED) is 0.698. The van der Waals surface area contributed by atoms with Gasteiger partial charge in [0.25, 0.3) is 0 Å². The summed E-state index contributed by atoms with van der Waals surface area (Å²) in [6, 6.07) is 0.795. The van der Waals surface area contributed by atoms with E-state index in [9.17, 15) is 5.11 Å². The molecule has 2 fully saturated rings. The lowest BCUT2D eigenvalue weighted by atomic mass is 9.84. The van der Waals surface area contributed by atoms with Crippen LogP contribution in [0.15, 0.2) is 0 Å². The highest BCUT2D eigenvalue weighted by Gasteiger charge is 2.23. The molecule has 0 heterocycles. The first-order valence-corrected chi connectivity index (χ1v) is 7.74. The Labute approximate surface area is 106 Å². The summed E-state index contributed by atoms with van der Waals surface area (Å²) >= 11 is 0. The fraction of sp³-hybridized carbons (Fsp3) is 1.00. The Hall–Kier alpha value is -0.0800. The summed E-state index contributed by atoms with van der Waals surface area (Å²) in [7, 11) is 0. The van der Waals surface area contributed by atoms with E-state index in [4.69, 9.17) is 0 Å². The Bertz CT molecular complexity index is 195. The van der Waals surface area contributed by atoms with Gasteiger partial charge in [0.1, 0.15) is 0 Å². The van der Waals surface area contributed by atoms with Crippen LogP contribution in [0.5, 0.6) is 0 Å². The highest BCUT2D eigenvalue weighted by atomic mass is 16.3. The summed E-state index contributed by atoms with van der Waals surface area (Å²) in [6.07, 6.45) is 13.6. The summed E-state index contributed by atoms with van der Waals surface area (Å²) < 4.78 is 0. The zero-order chi connectivity index (χ0) is 11.9. The van der Waals surface area contributed by atoms with Gasteiger partial charge in [-0.2, -0.15) is 0 Å². The summed E-state index contributed by atoms with van der Waals surface area (Å²) in [6.45, 7) is 1.52. The van der Waals surface area contributed by atoms with E-state index in [1.165, 1.54) is 64.2 Å². The molecule has 2 nitrogen and oxygen atoms in total. The fourth-order valence-corrected chi connectivity index (χ4v) is 3.34. The van der Waals surface area contributed by atoms with Crippen LogP contribution in [-0.4, -0.2) is 24.3 Å². The third-order valence-corrected chi connectivity index (χ3v) is 4.85. The van der Waals surface area contributed by atoms with E-state index in [-0.39, 0.29) is 0 Å². The average Bonchev–Trinajstić information content (AvgIpc) is 2.55. The first-order valence-electron chi connectivity index (χ1n) is 7.74. The predicted octanol–water partition coefficient (Wildman–Crippen LogP) is 3.10. The van der Waals surface area contributed by atoms with E-state index in [0.29, 0.717) is 12.5 Å². The Morgan fingerprint density at radius 1 is 0.941 bits per heavy atom. The molecule has 0 aromatic heterocycles. The van der Waals surface area contributed by atoms with Gasteiger partial charge in [0, 0.05) is 12.6 Å². The highest BCUT2D eigenvalue weighted by Crippen LogP contribution is 2.30. The van der Waals surface area contributed by atoms with Crippen LogP contribution in [0.25, 0.3) is 0 Å².